The fraction of sp³-hybridized carbons (Fsp3) is 0.200. The molecule has 5 nitrogen and oxygen atoms in total. The zero-order valence-electron chi connectivity index (χ0n) is 18.1. The Balaban J connectivity index is 1.43. The number of ether oxygens (including phenoxy) is 1. The van der Waals surface area contributed by atoms with E-state index in [1.165, 1.54) is 12.1 Å². The van der Waals surface area contributed by atoms with Gasteiger partial charge in [0.05, 0.1) is 11.3 Å². The summed E-state index contributed by atoms with van der Waals surface area (Å²) in [7, 11) is 0. The molecule has 0 bridgehead atoms. The Labute approximate surface area is 188 Å². The summed E-state index contributed by atoms with van der Waals surface area (Å²) in [4.78, 5) is 17.4. The van der Waals surface area contributed by atoms with Gasteiger partial charge in [-0.15, -0.1) is 13.2 Å². The molecule has 8 heteroatoms. The highest BCUT2D eigenvalue weighted by atomic mass is 19.4. The molecule has 4 rings (SSSR count). The Kier molecular flexibility index (Phi) is 6.09. The van der Waals surface area contributed by atoms with Crippen molar-refractivity contribution in [2.75, 3.05) is 0 Å². The number of rotatable bonds is 6. The number of pyridine rings is 1. The first kappa shape index (κ1) is 22.4. The molecule has 0 aliphatic carbocycles. The van der Waals surface area contributed by atoms with E-state index in [2.05, 4.69) is 15.0 Å². The molecule has 2 heterocycles. The van der Waals surface area contributed by atoms with E-state index < -0.39 is 6.36 Å². The number of amides is 1. The Hall–Kier alpha value is -3.81. The number of aryl methyl sites for hydroxylation is 2. The van der Waals surface area contributed by atoms with Crippen LogP contribution in [0.4, 0.5) is 13.2 Å². The lowest BCUT2D eigenvalue weighted by Crippen LogP contribution is -2.23. The third-order valence-corrected chi connectivity index (χ3v) is 5.17. The molecule has 2 aromatic carbocycles. The van der Waals surface area contributed by atoms with Crippen molar-refractivity contribution in [1.82, 2.24) is 14.7 Å². The summed E-state index contributed by atoms with van der Waals surface area (Å²) in [6.07, 6.45) is -0.0572. The van der Waals surface area contributed by atoms with Gasteiger partial charge in [0.1, 0.15) is 11.4 Å². The van der Waals surface area contributed by atoms with Gasteiger partial charge in [0.15, 0.2) is 0 Å². The molecule has 0 aliphatic heterocycles. The predicted octanol–water partition coefficient (Wildman–Crippen LogP) is 5.70. The number of hydrogen-bond donors (Lipinski definition) is 1. The highest BCUT2D eigenvalue weighted by molar-refractivity contribution is 6.00. The molecule has 1 N–H and O–H groups in total. The first-order valence-corrected chi connectivity index (χ1v) is 10.4. The minimum atomic E-state index is -4.71. The summed E-state index contributed by atoms with van der Waals surface area (Å²) in [5.41, 5.74) is 5.52. The second-order valence-electron chi connectivity index (χ2n) is 7.70. The largest absolute Gasteiger partial charge is 0.573 e. The van der Waals surface area contributed by atoms with Crippen LogP contribution >= 0.6 is 0 Å². The molecule has 0 saturated carbocycles. The average molecular weight is 453 g/mol. The molecule has 0 fully saturated rings. The fourth-order valence-electron chi connectivity index (χ4n) is 3.57. The molecular weight excluding hydrogens is 431 g/mol. The standard InChI is InChI=1S/C25H22F3N3O2/c1-3-20-15-31-14-16(2)12-22(23(31)30-20)24(32)29-13-17-4-6-18(7-5-17)19-8-10-21(11-9-19)33-25(26,27)28/h4-12,14-15H,3,13H2,1-2H3,(H,29,32). The number of benzene rings is 2. The number of aromatic nitrogens is 2. The molecule has 0 spiro atoms. The summed E-state index contributed by atoms with van der Waals surface area (Å²) in [6.45, 7) is 4.28. The molecule has 2 aromatic heterocycles. The predicted molar refractivity (Wildman–Crippen MR) is 119 cm³/mol. The molecule has 1 amide bonds. The normalized spacial score (nSPS) is 11.5. The quantitative estimate of drug-likeness (QED) is 0.407. The monoisotopic (exact) mass is 453 g/mol. The molecule has 170 valence electrons. The smallest absolute Gasteiger partial charge is 0.406 e. The lowest BCUT2D eigenvalue weighted by molar-refractivity contribution is -0.274. The van der Waals surface area contributed by atoms with E-state index in [0.29, 0.717) is 17.8 Å². The molecule has 0 atom stereocenters. The number of hydrogen-bond acceptors (Lipinski definition) is 3. The Morgan fingerprint density at radius 2 is 1.67 bits per heavy atom. The second-order valence-corrected chi connectivity index (χ2v) is 7.70. The maximum atomic E-state index is 12.8. The van der Waals surface area contributed by atoms with Crippen molar-refractivity contribution in [2.45, 2.75) is 33.2 Å². The van der Waals surface area contributed by atoms with Gasteiger partial charge in [-0.2, -0.15) is 0 Å². The van der Waals surface area contributed by atoms with E-state index in [9.17, 15) is 18.0 Å². The summed E-state index contributed by atoms with van der Waals surface area (Å²) < 4.78 is 42.7. The number of alkyl halides is 3. The second kappa shape index (κ2) is 8.97. The van der Waals surface area contributed by atoms with Crippen LogP contribution in [0.3, 0.4) is 0 Å². The third-order valence-electron chi connectivity index (χ3n) is 5.17. The molecule has 0 saturated heterocycles. The van der Waals surface area contributed by atoms with Gasteiger partial charge in [-0.25, -0.2) is 4.98 Å². The van der Waals surface area contributed by atoms with Crippen LogP contribution in [0, 0.1) is 6.92 Å². The number of carbonyl (C=O) groups excluding carboxylic acids is 1. The number of carbonyl (C=O) groups is 1. The van der Waals surface area contributed by atoms with Gasteiger partial charge in [-0.05, 0) is 53.8 Å². The maximum Gasteiger partial charge on any atom is 0.573 e. The van der Waals surface area contributed by atoms with E-state index in [-0.39, 0.29) is 11.7 Å². The van der Waals surface area contributed by atoms with Gasteiger partial charge in [0, 0.05) is 18.9 Å². The number of nitrogens with zero attached hydrogens (tertiary/aromatic N) is 2. The Morgan fingerprint density at radius 3 is 2.27 bits per heavy atom. The molecule has 4 aromatic rings. The van der Waals surface area contributed by atoms with Crippen LogP contribution in [0.5, 0.6) is 5.75 Å². The maximum absolute atomic E-state index is 12.8. The highest BCUT2D eigenvalue weighted by Gasteiger charge is 2.30. The van der Waals surface area contributed by atoms with Crippen LogP contribution in [0.2, 0.25) is 0 Å². The van der Waals surface area contributed by atoms with Crippen LogP contribution in [-0.4, -0.2) is 21.7 Å². The topological polar surface area (TPSA) is 55.6 Å². The van der Waals surface area contributed by atoms with Crippen molar-refractivity contribution >= 4 is 11.6 Å². The number of fused-ring (bicyclic) bond motifs is 1. The highest BCUT2D eigenvalue weighted by Crippen LogP contribution is 2.26. The molecule has 33 heavy (non-hydrogen) atoms. The first-order chi connectivity index (χ1) is 15.7. The molecular formula is C25H22F3N3O2. The van der Waals surface area contributed by atoms with E-state index in [1.807, 2.05) is 61.0 Å². The lowest BCUT2D eigenvalue weighted by atomic mass is 10.0. The van der Waals surface area contributed by atoms with E-state index in [1.54, 1.807) is 12.1 Å². The van der Waals surface area contributed by atoms with Gasteiger partial charge in [0.25, 0.3) is 5.91 Å². The van der Waals surface area contributed by atoms with Crippen molar-refractivity contribution in [3.05, 3.63) is 89.4 Å². The molecule has 0 unspecified atom stereocenters. The lowest BCUT2D eigenvalue weighted by Gasteiger charge is -2.10. The van der Waals surface area contributed by atoms with E-state index in [0.717, 1.165) is 34.4 Å². The van der Waals surface area contributed by atoms with Gasteiger partial charge in [0.2, 0.25) is 0 Å². The summed E-state index contributed by atoms with van der Waals surface area (Å²) in [5, 5.41) is 2.93. The zero-order chi connectivity index (χ0) is 23.6. The van der Waals surface area contributed by atoms with Crippen molar-refractivity contribution in [3.8, 4) is 16.9 Å². The SMILES string of the molecule is CCc1cn2cc(C)cc(C(=O)NCc3ccc(-c4ccc(OC(F)(F)F)cc4)cc3)c2n1. The van der Waals surface area contributed by atoms with Crippen LogP contribution in [0.25, 0.3) is 16.8 Å². The van der Waals surface area contributed by atoms with Crippen molar-refractivity contribution in [3.63, 3.8) is 0 Å². The van der Waals surface area contributed by atoms with Crippen molar-refractivity contribution in [2.24, 2.45) is 0 Å². The van der Waals surface area contributed by atoms with E-state index >= 15 is 0 Å². The molecule has 0 radical (unpaired) electrons. The van der Waals surface area contributed by atoms with Gasteiger partial charge in [-0.3, -0.25) is 4.79 Å². The van der Waals surface area contributed by atoms with Gasteiger partial charge >= 0.3 is 6.36 Å². The fourth-order valence-corrected chi connectivity index (χ4v) is 3.57. The summed E-state index contributed by atoms with van der Waals surface area (Å²) in [5.74, 6) is -0.472. The zero-order valence-corrected chi connectivity index (χ0v) is 18.1. The minimum Gasteiger partial charge on any atom is -0.406 e. The third kappa shape index (κ3) is 5.34. The minimum absolute atomic E-state index is 0.207. The Bertz CT molecular complexity index is 1280. The van der Waals surface area contributed by atoms with Crippen LogP contribution in [0.15, 0.2) is 67.0 Å². The number of nitrogens with one attached hydrogen (secondary N) is 1. The summed E-state index contributed by atoms with van der Waals surface area (Å²) in [6, 6.07) is 15.0. The van der Waals surface area contributed by atoms with Gasteiger partial charge < -0.3 is 14.5 Å². The number of imidazole rings is 1. The Morgan fingerprint density at radius 1 is 1.03 bits per heavy atom. The summed E-state index contributed by atoms with van der Waals surface area (Å²) >= 11 is 0. The van der Waals surface area contributed by atoms with Crippen molar-refractivity contribution < 1.29 is 22.7 Å². The van der Waals surface area contributed by atoms with Gasteiger partial charge in [-0.1, -0.05) is 43.3 Å². The average Bonchev–Trinajstić information content (AvgIpc) is 3.20. The van der Waals surface area contributed by atoms with E-state index in [4.69, 9.17) is 0 Å². The van der Waals surface area contributed by atoms with Crippen LogP contribution < -0.4 is 10.1 Å². The van der Waals surface area contributed by atoms with Crippen LogP contribution in [0.1, 0.15) is 34.1 Å². The van der Waals surface area contributed by atoms with Crippen LogP contribution in [-0.2, 0) is 13.0 Å². The first-order valence-electron chi connectivity index (χ1n) is 10.4. The van der Waals surface area contributed by atoms with Crippen molar-refractivity contribution in [1.29, 1.82) is 0 Å². The number of halogens is 3. The molecule has 0 aliphatic rings.